The van der Waals surface area contributed by atoms with Gasteiger partial charge in [-0.2, -0.15) is 0 Å². The average molecular weight is 336 g/mol. The Morgan fingerprint density at radius 1 is 0.750 bits per heavy atom. The van der Waals surface area contributed by atoms with Gasteiger partial charge in [-0.1, -0.05) is 31.9 Å². The number of halogens is 3. The first-order valence-corrected chi connectivity index (χ1v) is 9.35. The molecule has 0 spiro atoms. The third-order valence-electron chi connectivity index (χ3n) is 5.97. The van der Waals surface area contributed by atoms with Gasteiger partial charge in [-0.25, -0.2) is 13.2 Å². The van der Waals surface area contributed by atoms with Crippen molar-refractivity contribution in [3.05, 3.63) is 47.3 Å². The van der Waals surface area contributed by atoms with Crippen LogP contribution in [0, 0.1) is 35.2 Å². The van der Waals surface area contributed by atoms with E-state index in [1.807, 2.05) is 0 Å². The smallest absolute Gasteiger partial charge is 0.194 e. The maximum Gasteiger partial charge on any atom is 0.194 e. The summed E-state index contributed by atoms with van der Waals surface area (Å²) in [4.78, 5) is 0. The number of rotatable bonds is 3. The highest BCUT2D eigenvalue weighted by Gasteiger charge is 2.24. The van der Waals surface area contributed by atoms with E-state index in [0.717, 1.165) is 37.5 Å². The minimum absolute atomic E-state index is 0.148. The van der Waals surface area contributed by atoms with Gasteiger partial charge in [-0.15, -0.1) is 0 Å². The molecule has 2 aliphatic carbocycles. The molecule has 132 valence electrons. The molecular weight excluding hydrogens is 309 g/mol. The summed E-state index contributed by atoms with van der Waals surface area (Å²) in [5.74, 6) is -1.17. The standard InChI is InChI=1S/C21H27F3/c1-14-2-4-15(5-3-14)6-7-16-8-10-17(11-9-16)18-12-19(22)21(24)20(23)13-18/h6-7,12-17H,2-5,8-11H2,1H3/b7-6+/t14-,15-,16-,17-. The lowest BCUT2D eigenvalue weighted by Crippen LogP contribution is -2.14. The lowest BCUT2D eigenvalue weighted by molar-refractivity contribution is 0.326. The molecule has 0 amide bonds. The van der Waals surface area contributed by atoms with Crippen molar-refractivity contribution in [3.8, 4) is 0 Å². The van der Waals surface area contributed by atoms with Crippen LogP contribution in [0.3, 0.4) is 0 Å². The second kappa shape index (κ2) is 7.76. The largest absolute Gasteiger partial charge is 0.204 e. The highest BCUT2D eigenvalue weighted by molar-refractivity contribution is 5.23. The monoisotopic (exact) mass is 336 g/mol. The lowest BCUT2D eigenvalue weighted by Gasteiger charge is -2.28. The molecule has 2 fully saturated rings. The normalized spacial score (nSPS) is 31.5. The SMILES string of the molecule is C[C@H]1CC[C@H](/C=C/[C@H]2CC[C@H](c3cc(F)c(F)c(F)c3)CC2)CC1. The van der Waals surface area contributed by atoms with Crippen molar-refractivity contribution < 1.29 is 13.2 Å². The highest BCUT2D eigenvalue weighted by atomic mass is 19.2. The first kappa shape index (κ1) is 17.6. The molecule has 0 unspecified atom stereocenters. The van der Waals surface area contributed by atoms with E-state index in [9.17, 15) is 13.2 Å². The Hall–Kier alpha value is -1.25. The molecule has 0 atom stereocenters. The maximum atomic E-state index is 13.4. The Morgan fingerprint density at radius 3 is 1.71 bits per heavy atom. The quantitative estimate of drug-likeness (QED) is 0.422. The molecule has 2 saturated carbocycles. The third kappa shape index (κ3) is 4.23. The van der Waals surface area contributed by atoms with Crippen molar-refractivity contribution in [2.24, 2.45) is 17.8 Å². The number of allylic oxidation sites excluding steroid dienone is 2. The molecule has 0 heterocycles. The zero-order valence-corrected chi connectivity index (χ0v) is 14.4. The van der Waals surface area contributed by atoms with Crippen LogP contribution < -0.4 is 0 Å². The molecule has 3 heteroatoms. The summed E-state index contributed by atoms with van der Waals surface area (Å²) in [6.45, 7) is 2.34. The summed E-state index contributed by atoms with van der Waals surface area (Å²) in [5, 5.41) is 0. The van der Waals surface area contributed by atoms with Gasteiger partial charge >= 0.3 is 0 Å². The Morgan fingerprint density at radius 2 is 1.21 bits per heavy atom. The molecule has 3 rings (SSSR count). The van der Waals surface area contributed by atoms with Gasteiger partial charge in [-0.3, -0.25) is 0 Å². The molecule has 0 aromatic heterocycles. The highest BCUT2D eigenvalue weighted by Crippen LogP contribution is 2.38. The molecule has 1 aromatic carbocycles. The number of benzene rings is 1. The lowest BCUT2D eigenvalue weighted by atomic mass is 9.77. The molecule has 1 aromatic rings. The molecule has 0 aliphatic heterocycles. The van der Waals surface area contributed by atoms with Gasteiger partial charge in [0.05, 0.1) is 0 Å². The van der Waals surface area contributed by atoms with E-state index in [4.69, 9.17) is 0 Å². The fourth-order valence-corrected chi connectivity index (χ4v) is 4.25. The topological polar surface area (TPSA) is 0 Å². The van der Waals surface area contributed by atoms with Crippen LogP contribution in [0.4, 0.5) is 13.2 Å². The van der Waals surface area contributed by atoms with E-state index in [0.29, 0.717) is 11.5 Å². The van der Waals surface area contributed by atoms with Crippen LogP contribution in [0.25, 0.3) is 0 Å². The van der Waals surface area contributed by atoms with Crippen molar-refractivity contribution in [1.29, 1.82) is 0 Å². The van der Waals surface area contributed by atoms with E-state index < -0.39 is 17.5 Å². The number of hydrogen-bond acceptors (Lipinski definition) is 0. The van der Waals surface area contributed by atoms with Gasteiger partial charge in [0.25, 0.3) is 0 Å². The Balaban J connectivity index is 1.52. The Kier molecular flexibility index (Phi) is 5.68. The fraction of sp³-hybridized carbons (Fsp3) is 0.619. The van der Waals surface area contributed by atoms with Crippen molar-refractivity contribution in [1.82, 2.24) is 0 Å². The summed E-state index contributed by atoms with van der Waals surface area (Å²) in [6, 6.07) is 2.34. The summed E-state index contributed by atoms with van der Waals surface area (Å²) in [6.07, 6.45) is 14.0. The molecule has 0 radical (unpaired) electrons. The van der Waals surface area contributed by atoms with Crippen LogP contribution in [0.15, 0.2) is 24.3 Å². The van der Waals surface area contributed by atoms with Crippen molar-refractivity contribution in [2.45, 2.75) is 64.2 Å². The Bertz CT molecular complexity index is 554. The first-order chi connectivity index (χ1) is 11.5. The molecule has 0 bridgehead atoms. The van der Waals surface area contributed by atoms with E-state index in [-0.39, 0.29) is 5.92 Å². The van der Waals surface area contributed by atoms with Crippen LogP contribution in [0.2, 0.25) is 0 Å². The molecule has 0 nitrogen and oxygen atoms in total. The predicted molar refractivity (Wildman–Crippen MR) is 91.3 cm³/mol. The molecule has 0 saturated heterocycles. The predicted octanol–water partition coefficient (Wildman–Crippen LogP) is 6.76. The first-order valence-electron chi connectivity index (χ1n) is 9.35. The summed E-state index contributed by atoms with van der Waals surface area (Å²) < 4.78 is 39.9. The molecular formula is C21H27F3. The van der Waals surface area contributed by atoms with Gasteiger partial charge in [0, 0.05) is 0 Å². The van der Waals surface area contributed by atoms with Crippen molar-refractivity contribution in [3.63, 3.8) is 0 Å². The zero-order valence-electron chi connectivity index (χ0n) is 14.4. The van der Waals surface area contributed by atoms with E-state index in [1.165, 1.54) is 37.8 Å². The van der Waals surface area contributed by atoms with Crippen LogP contribution >= 0.6 is 0 Å². The van der Waals surface area contributed by atoms with E-state index >= 15 is 0 Å². The van der Waals surface area contributed by atoms with Gasteiger partial charge in [0.2, 0.25) is 0 Å². The van der Waals surface area contributed by atoms with Gasteiger partial charge in [-0.05, 0) is 79.9 Å². The Labute approximate surface area is 143 Å². The van der Waals surface area contributed by atoms with Gasteiger partial charge in [0.1, 0.15) is 0 Å². The minimum Gasteiger partial charge on any atom is -0.204 e. The van der Waals surface area contributed by atoms with E-state index in [1.54, 1.807) is 0 Å². The van der Waals surface area contributed by atoms with Crippen LogP contribution in [-0.2, 0) is 0 Å². The van der Waals surface area contributed by atoms with Gasteiger partial charge < -0.3 is 0 Å². The fourth-order valence-electron chi connectivity index (χ4n) is 4.25. The van der Waals surface area contributed by atoms with Crippen molar-refractivity contribution in [2.75, 3.05) is 0 Å². The summed E-state index contributed by atoms with van der Waals surface area (Å²) in [5.41, 5.74) is 0.607. The zero-order chi connectivity index (χ0) is 17.1. The molecule has 24 heavy (non-hydrogen) atoms. The summed E-state index contributed by atoms with van der Waals surface area (Å²) in [7, 11) is 0. The number of hydrogen-bond donors (Lipinski definition) is 0. The minimum atomic E-state index is -1.36. The van der Waals surface area contributed by atoms with Gasteiger partial charge in [0.15, 0.2) is 17.5 Å². The maximum absolute atomic E-state index is 13.4. The van der Waals surface area contributed by atoms with Crippen LogP contribution in [0.1, 0.15) is 69.8 Å². The van der Waals surface area contributed by atoms with Crippen LogP contribution in [0.5, 0.6) is 0 Å². The summed E-state index contributed by atoms with van der Waals surface area (Å²) >= 11 is 0. The second-order valence-corrected chi connectivity index (χ2v) is 7.82. The average Bonchev–Trinajstić information content (AvgIpc) is 2.59. The van der Waals surface area contributed by atoms with E-state index in [2.05, 4.69) is 19.1 Å². The molecule has 2 aliphatic rings. The third-order valence-corrected chi connectivity index (χ3v) is 5.97. The molecule has 0 N–H and O–H groups in total. The van der Waals surface area contributed by atoms with Crippen LogP contribution in [-0.4, -0.2) is 0 Å². The van der Waals surface area contributed by atoms with Crippen molar-refractivity contribution >= 4 is 0 Å². The second-order valence-electron chi connectivity index (χ2n) is 7.82.